The first-order valence-electron chi connectivity index (χ1n) is 4.48. The molecule has 0 aromatic heterocycles. The van der Waals surface area contributed by atoms with E-state index in [1.807, 2.05) is 0 Å². The minimum absolute atomic E-state index is 0. The van der Waals surface area contributed by atoms with Gasteiger partial charge in [0.2, 0.25) is 0 Å². The van der Waals surface area contributed by atoms with Gasteiger partial charge in [-0.25, -0.2) is 8.78 Å². The Bertz CT molecular complexity index is 436. The largest absolute Gasteiger partial charge is 2.00 e. The molecule has 2 rings (SSSR count). The van der Waals surface area contributed by atoms with Crippen LogP contribution in [0.3, 0.4) is 0 Å². The van der Waals surface area contributed by atoms with Gasteiger partial charge in [-0.15, -0.1) is 0 Å². The van der Waals surface area contributed by atoms with Crippen molar-refractivity contribution in [1.82, 2.24) is 0 Å². The van der Waals surface area contributed by atoms with Crippen LogP contribution in [-0.4, -0.2) is 23.1 Å². The molecule has 5 heteroatoms. The maximum absolute atomic E-state index is 13.3. The van der Waals surface area contributed by atoms with E-state index in [0.29, 0.717) is 19.2 Å². The van der Waals surface area contributed by atoms with Crippen LogP contribution in [0.15, 0.2) is 48.5 Å². The average Bonchev–Trinajstić information content (AvgIpc) is 2.24. The molecule has 0 spiro atoms. The van der Waals surface area contributed by atoms with E-state index in [1.165, 1.54) is 12.1 Å². The Hall–Kier alpha value is -0.214. The van der Waals surface area contributed by atoms with Crippen molar-refractivity contribution in [3.8, 4) is 0 Å². The molecule has 0 bridgehead atoms. The summed E-state index contributed by atoms with van der Waals surface area (Å²) in [5.41, 5.74) is 0. The molecule has 0 aliphatic heterocycles. The van der Waals surface area contributed by atoms with E-state index in [-0.39, 0.29) is 47.1 Å². The van der Waals surface area contributed by atoms with E-state index in [0.717, 1.165) is 0 Å². The number of rotatable bonds is 2. The standard InChI is InChI=1S/C12H8F2P.ClH.Mg/c13-9-5-1-3-7-11(9)15-12-8-4-2-6-10(12)14;;/h1-8H;1H;/q-1;;+2/p-1. The summed E-state index contributed by atoms with van der Waals surface area (Å²) in [6.07, 6.45) is 0. The summed E-state index contributed by atoms with van der Waals surface area (Å²) in [5.74, 6) is -0.607. The van der Waals surface area contributed by atoms with E-state index in [1.54, 1.807) is 36.4 Å². The monoisotopic (exact) mass is 280 g/mol. The van der Waals surface area contributed by atoms with Gasteiger partial charge in [-0.3, -0.25) is 0 Å². The molecule has 0 unspecified atom stereocenters. The summed E-state index contributed by atoms with van der Waals surface area (Å²) in [5, 5.41) is 0.977. The Balaban J connectivity index is 0.00000128. The summed E-state index contributed by atoms with van der Waals surface area (Å²) in [7, 11) is 0.558. The molecule has 17 heavy (non-hydrogen) atoms. The Morgan fingerprint density at radius 1 is 0.706 bits per heavy atom. The van der Waals surface area contributed by atoms with Crippen molar-refractivity contribution in [2.75, 3.05) is 0 Å². The summed E-state index contributed by atoms with van der Waals surface area (Å²) in [4.78, 5) is 0. The smallest absolute Gasteiger partial charge is 1.00 e. The third-order valence-electron chi connectivity index (χ3n) is 1.95. The molecule has 0 amide bonds. The Morgan fingerprint density at radius 3 is 1.41 bits per heavy atom. The first-order valence-corrected chi connectivity index (χ1v) is 5.37. The van der Waals surface area contributed by atoms with Gasteiger partial charge < -0.3 is 21.0 Å². The van der Waals surface area contributed by atoms with Gasteiger partial charge in [0.05, 0.1) is 11.6 Å². The van der Waals surface area contributed by atoms with E-state index in [2.05, 4.69) is 0 Å². The Morgan fingerprint density at radius 2 is 1.06 bits per heavy atom. The van der Waals surface area contributed by atoms with Gasteiger partial charge in [-0.2, -0.15) is 10.6 Å². The maximum Gasteiger partial charge on any atom is 2.00 e. The molecule has 0 saturated carbocycles. The molecular formula is C12H8ClF2MgP. The molecule has 0 aliphatic rings. The zero-order valence-electron chi connectivity index (χ0n) is 8.91. The summed E-state index contributed by atoms with van der Waals surface area (Å²) >= 11 is 0. The van der Waals surface area contributed by atoms with E-state index < -0.39 is 0 Å². The third kappa shape index (κ3) is 4.51. The average molecular weight is 281 g/mol. The van der Waals surface area contributed by atoms with E-state index >= 15 is 0 Å². The van der Waals surface area contributed by atoms with Crippen molar-refractivity contribution in [2.24, 2.45) is 0 Å². The minimum atomic E-state index is -0.303. The molecule has 84 valence electrons. The topological polar surface area (TPSA) is 0 Å². The van der Waals surface area contributed by atoms with E-state index in [4.69, 9.17) is 0 Å². The van der Waals surface area contributed by atoms with Crippen molar-refractivity contribution in [3.05, 3.63) is 60.2 Å². The number of benzene rings is 2. The molecule has 2 aromatic rings. The van der Waals surface area contributed by atoms with Crippen LogP contribution in [-0.2, 0) is 0 Å². The van der Waals surface area contributed by atoms with Crippen LogP contribution >= 0.6 is 8.58 Å². The number of halogens is 3. The number of hydrogen-bond donors (Lipinski definition) is 0. The molecule has 0 N–H and O–H groups in total. The second-order valence-electron chi connectivity index (χ2n) is 3.01. The van der Waals surface area contributed by atoms with Gasteiger partial charge in [-0.1, -0.05) is 36.4 Å². The van der Waals surface area contributed by atoms with Crippen LogP contribution in [0.5, 0.6) is 0 Å². The molecule has 0 atom stereocenters. The van der Waals surface area contributed by atoms with Crippen LogP contribution in [0.1, 0.15) is 0 Å². The van der Waals surface area contributed by atoms with Gasteiger partial charge in [-0.05, 0) is 12.1 Å². The number of hydrogen-bond acceptors (Lipinski definition) is 0. The molecule has 2 aromatic carbocycles. The van der Waals surface area contributed by atoms with Gasteiger partial charge in [0.15, 0.2) is 0 Å². The first kappa shape index (κ1) is 16.8. The van der Waals surface area contributed by atoms with Gasteiger partial charge in [0.1, 0.15) is 0 Å². The van der Waals surface area contributed by atoms with Gasteiger partial charge in [0, 0.05) is 0 Å². The maximum atomic E-state index is 13.3. The van der Waals surface area contributed by atoms with Gasteiger partial charge in [0.25, 0.3) is 0 Å². The molecule has 0 nitrogen and oxygen atoms in total. The van der Waals surface area contributed by atoms with Gasteiger partial charge >= 0.3 is 23.1 Å². The van der Waals surface area contributed by atoms with Crippen LogP contribution < -0.4 is 23.0 Å². The summed E-state index contributed by atoms with van der Waals surface area (Å²) in [6, 6.07) is 12.8. The molecule has 0 saturated heterocycles. The molecule has 0 aliphatic carbocycles. The van der Waals surface area contributed by atoms with Crippen molar-refractivity contribution in [2.45, 2.75) is 0 Å². The fourth-order valence-electron chi connectivity index (χ4n) is 1.21. The fraction of sp³-hybridized carbons (Fsp3) is 0. The van der Waals surface area contributed by atoms with Crippen molar-refractivity contribution >= 4 is 42.2 Å². The zero-order valence-corrected chi connectivity index (χ0v) is 12.0. The summed E-state index contributed by atoms with van der Waals surface area (Å²) < 4.78 is 26.6. The Labute approximate surface area is 123 Å². The van der Waals surface area contributed by atoms with E-state index in [9.17, 15) is 8.78 Å². The van der Waals surface area contributed by atoms with Crippen molar-refractivity contribution < 1.29 is 21.2 Å². The third-order valence-corrected chi connectivity index (χ3v) is 3.15. The van der Waals surface area contributed by atoms with Crippen molar-refractivity contribution in [1.29, 1.82) is 0 Å². The fourth-order valence-corrected chi connectivity index (χ4v) is 2.16. The van der Waals surface area contributed by atoms with Crippen LogP contribution in [0.25, 0.3) is 0 Å². The van der Waals surface area contributed by atoms with Crippen LogP contribution in [0.2, 0.25) is 0 Å². The first-order chi connectivity index (χ1) is 7.27. The Kier molecular flexibility index (Phi) is 7.89. The zero-order chi connectivity index (χ0) is 10.7. The molecular weight excluding hydrogens is 273 g/mol. The SMILES string of the molecule is Fc1ccccc1[P-]c1ccccc1F.[Cl-].[Mg+2]. The van der Waals surface area contributed by atoms with Crippen molar-refractivity contribution in [3.63, 3.8) is 0 Å². The predicted octanol–water partition coefficient (Wildman–Crippen LogP) is -0.515. The minimum Gasteiger partial charge on any atom is -1.00 e. The normalized spacial score (nSPS) is 9.06. The quantitative estimate of drug-likeness (QED) is 0.513. The second kappa shape index (κ2) is 7.99. The molecule has 0 radical (unpaired) electrons. The van der Waals surface area contributed by atoms with Crippen LogP contribution in [0.4, 0.5) is 8.78 Å². The predicted molar refractivity (Wildman–Crippen MR) is 64.7 cm³/mol. The molecule has 0 fully saturated rings. The summed E-state index contributed by atoms with van der Waals surface area (Å²) in [6.45, 7) is 0. The second-order valence-corrected chi connectivity index (χ2v) is 4.20. The molecule has 0 heterocycles. The van der Waals surface area contributed by atoms with Crippen LogP contribution in [0, 0.1) is 11.6 Å².